The van der Waals surface area contributed by atoms with Gasteiger partial charge in [0.25, 0.3) is 0 Å². The van der Waals surface area contributed by atoms with Crippen LogP contribution >= 0.6 is 0 Å². The fourth-order valence-electron chi connectivity index (χ4n) is 0.848. The molecule has 0 spiro atoms. The van der Waals surface area contributed by atoms with Crippen molar-refractivity contribution in [3.63, 3.8) is 0 Å². The van der Waals surface area contributed by atoms with Gasteiger partial charge in [-0.1, -0.05) is 19.9 Å². The molecule has 0 heterocycles. The summed E-state index contributed by atoms with van der Waals surface area (Å²) in [6.07, 6.45) is -2.28. The molecule has 0 atom stereocenters. The first-order chi connectivity index (χ1) is 6.02. The van der Waals surface area contributed by atoms with E-state index in [1.165, 1.54) is 6.92 Å². The van der Waals surface area contributed by atoms with Gasteiger partial charge in [0.15, 0.2) is 0 Å². The molecule has 0 saturated carbocycles. The van der Waals surface area contributed by atoms with Crippen molar-refractivity contribution in [2.45, 2.75) is 32.9 Å². The highest BCUT2D eigenvalue weighted by atomic mass is 19.4. The maximum atomic E-state index is 12.1. The van der Waals surface area contributed by atoms with E-state index in [1.54, 1.807) is 0 Å². The number of alkyl halides is 3. The molecule has 78 valence electrons. The molecule has 0 aromatic carbocycles. The molecule has 0 amide bonds. The molecule has 4 heteroatoms. The number of halogens is 3. The molecule has 1 nitrogen and oxygen atoms in total. The molecule has 0 fully saturated rings. The van der Waals surface area contributed by atoms with Crippen molar-refractivity contribution in [1.29, 1.82) is 0 Å². The molecule has 13 heavy (non-hydrogen) atoms. The van der Waals surface area contributed by atoms with Crippen molar-refractivity contribution in [2.75, 3.05) is 13.2 Å². The third kappa shape index (κ3) is 5.69. The van der Waals surface area contributed by atoms with Crippen LogP contribution in [0.3, 0.4) is 0 Å². The van der Waals surface area contributed by atoms with E-state index in [0.29, 0.717) is 6.61 Å². The highest BCUT2D eigenvalue weighted by molar-refractivity contribution is 5.08. The Hall–Kier alpha value is -0.510. The van der Waals surface area contributed by atoms with Crippen LogP contribution in [0.15, 0.2) is 11.6 Å². The number of hydrogen-bond donors (Lipinski definition) is 0. The van der Waals surface area contributed by atoms with Crippen molar-refractivity contribution in [1.82, 2.24) is 0 Å². The van der Waals surface area contributed by atoms with Gasteiger partial charge in [-0.05, 0) is 12.8 Å². The summed E-state index contributed by atoms with van der Waals surface area (Å²) < 4.78 is 41.3. The van der Waals surface area contributed by atoms with Gasteiger partial charge in [-0.15, -0.1) is 0 Å². The predicted octanol–water partition coefficient (Wildman–Crippen LogP) is 3.31. The fourth-order valence-corrected chi connectivity index (χ4v) is 0.848. The standard InChI is InChI=1S/C9H15F3O/c1-3-6-13-7-5-8(4-2)9(10,11)12/h5H,3-4,6-7H2,1-2H3/b8-5-. The van der Waals surface area contributed by atoms with Gasteiger partial charge in [0.2, 0.25) is 0 Å². The molecule has 0 unspecified atom stereocenters. The Kier molecular flexibility index (Phi) is 5.79. The molecule has 0 aliphatic heterocycles. The van der Waals surface area contributed by atoms with E-state index in [2.05, 4.69) is 0 Å². The summed E-state index contributed by atoms with van der Waals surface area (Å²) >= 11 is 0. The average molecular weight is 196 g/mol. The normalized spacial score (nSPS) is 13.5. The Balaban J connectivity index is 3.94. The van der Waals surface area contributed by atoms with Gasteiger partial charge >= 0.3 is 6.18 Å². The van der Waals surface area contributed by atoms with Crippen LogP contribution < -0.4 is 0 Å². The maximum absolute atomic E-state index is 12.1. The second-order valence-corrected chi connectivity index (χ2v) is 2.66. The molecule has 0 aliphatic carbocycles. The second kappa shape index (κ2) is 6.02. The molecular formula is C9H15F3O. The number of allylic oxidation sites excluding steroid dienone is 1. The lowest BCUT2D eigenvalue weighted by Gasteiger charge is -2.09. The van der Waals surface area contributed by atoms with Gasteiger partial charge in [0.05, 0.1) is 6.61 Å². The first-order valence-corrected chi connectivity index (χ1v) is 4.36. The second-order valence-electron chi connectivity index (χ2n) is 2.66. The van der Waals surface area contributed by atoms with Crippen molar-refractivity contribution in [3.8, 4) is 0 Å². The first kappa shape index (κ1) is 12.5. The molecule has 0 aromatic heterocycles. The summed E-state index contributed by atoms with van der Waals surface area (Å²) in [5.74, 6) is 0. The monoisotopic (exact) mass is 196 g/mol. The Morgan fingerprint density at radius 3 is 2.31 bits per heavy atom. The minimum atomic E-state index is -4.20. The van der Waals surface area contributed by atoms with Crippen LogP contribution in [0.4, 0.5) is 13.2 Å². The highest BCUT2D eigenvalue weighted by Gasteiger charge is 2.31. The zero-order valence-corrected chi connectivity index (χ0v) is 7.95. The molecule has 0 aromatic rings. The Bertz CT molecular complexity index is 161. The molecule has 0 saturated heterocycles. The van der Waals surface area contributed by atoms with Crippen LogP contribution in [0.25, 0.3) is 0 Å². The van der Waals surface area contributed by atoms with E-state index >= 15 is 0 Å². The largest absolute Gasteiger partial charge is 0.412 e. The zero-order valence-electron chi connectivity index (χ0n) is 7.95. The van der Waals surface area contributed by atoms with E-state index in [1.807, 2.05) is 6.92 Å². The van der Waals surface area contributed by atoms with Crippen LogP contribution in [-0.4, -0.2) is 19.4 Å². The number of hydrogen-bond acceptors (Lipinski definition) is 1. The van der Waals surface area contributed by atoms with Crippen molar-refractivity contribution < 1.29 is 17.9 Å². The molecule has 0 bridgehead atoms. The zero-order chi connectivity index (χ0) is 10.3. The Morgan fingerprint density at radius 2 is 1.92 bits per heavy atom. The van der Waals surface area contributed by atoms with Gasteiger partial charge in [-0.25, -0.2) is 0 Å². The van der Waals surface area contributed by atoms with E-state index in [4.69, 9.17) is 4.74 Å². The summed E-state index contributed by atoms with van der Waals surface area (Å²) in [5, 5.41) is 0. The maximum Gasteiger partial charge on any atom is 0.412 e. The summed E-state index contributed by atoms with van der Waals surface area (Å²) in [6.45, 7) is 3.95. The van der Waals surface area contributed by atoms with Gasteiger partial charge in [0.1, 0.15) is 0 Å². The van der Waals surface area contributed by atoms with Gasteiger partial charge in [-0.3, -0.25) is 0 Å². The summed E-state index contributed by atoms with van der Waals surface area (Å²) in [6, 6.07) is 0. The van der Waals surface area contributed by atoms with Crippen LogP contribution in [0.2, 0.25) is 0 Å². The molecule has 0 rings (SSSR count). The Labute approximate surface area is 76.6 Å². The third-order valence-corrected chi connectivity index (χ3v) is 1.54. The summed E-state index contributed by atoms with van der Waals surface area (Å²) in [5.41, 5.74) is -0.511. The van der Waals surface area contributed by atoms with Gasteiger partial charge < -0.3 is 4.74 Å². The number of ether oxygens (including phenoxy) is 1. The minimum Gasteiger partial charge on any atom is -0.377 e. The lowest BCUT2D eigenvalue weighted by Crippen LogP contribution is -2.12. The van der Waals surface area contributed by atoms with E-state index in [-0.39, 0.29) is 13.0 Å². The van der Waals surface area contributed by atoms with Gasteiger partial charge in [-0.2, -0.15) is 13.2 Å². The van der Waals surface area contributed by atoms with E-state index in [0.717, 1.165) is 12.5 Å². The van der Waals surface area contributed by atoms with Crippen LogP contribution in [0, 0.1) is 0 Å². The predicted molar refractivity (Wildman–Crippen MR) is 45.5 cm³/mol. The molecule has 0 N–H and O–H groups in total. The van der Waals surface area contributed by atoms with Crippen molar-refractivity contribution in [3.05, 3.63) is 11.6 Å². The van der Waals surface area contributed by atoms with Crippen LogP contribution in [0.1, 0.15) is 26.7 Å². The Morgan fingerprint density at radius 1 is 1.31 bits per heavy atom. The van der Waals surface area contributed by atoms with Crippen LogP contribution in [-0.2, 0) is 4.74 Å². The van der Waals surface area contributed by atoms with Crippen LogP contribution in [0.5, 0.6) is 0 Å². The average Bonchev–Trinajstić information content (AvgIpc) is 2.02. The van der Waals surface area contributed by atoms with E-state index < -0.39 is 11.7 Å². The third-order valence-electron chi connectivity index (χ3n) is 1.54. The van der Waals surface area contributed by atoms with E-state index in [9.17, 15) is 13.2 Å². The lowest BCUT2D eigenvalue weighted by atomic mass is 10.2. The van der Waals surface area contributed by atoms with Crippen molar-refractivity contribution in [2.24, 2.45) is 0 Å². The molecule has 0 aliphatic rings. The van der Waals surface area contributed by atoms with Gasteiger partial charge in [0, 0.05) is 12.2 Å². The molecular weight excluding hydrogens is 181 g/mol. The first-order valence-electron chi connectivity index (χ1n) is 4.36. The quantitative estimate of drug-likeness (QED) is 0.484. The lowest BCUT2D eigenvalue weighted by molar-refractivity contribution is -0.0941. The fraction of sp³-hybridized carbons (Fsp3) is 0.778. The smallest absolute Gasteiger partial charge is 0.377 e. The molecule has 0 radical (unpaired) electrons. The minimum absolute atomic E-state index is 0.00101. The summed E-state index contributed by atoms with van der Waals surface area (Å²) in [7, 11) is 0. The number of rotatable bonds is 5. The SMILES string of the molecule is CCCOC/C=C(/CC)C(F)(F)F. The highest BCUT2D eigenvalue weighted by Crippen LogP contribution is 2.27. The summed E-state index contributed by atoms with van der Waals surface area (Å²) in [4.78, 5) is 0. The topological polar surface area (TPSA) is 9.23 Å². The van der Waals surface area contributed by atoms with Crippen molar-refractivity contribution >= 4 is 0 Å².